The van der Waals surface area contributed by atoms with Crippen molar-refractivity contribution in [2.75, 3.05) is 31.0 Å². The minimum absolute atomic E-state index is 0.247. The van der Waals surface area contributed by atoms with Crippen LogP contribution in [0.15, 0.2) is 65.7 Å². The maximum Gasteiger partial charge on any atom is 0.258 e. The average Bonchev–Trinajstić information content (AvgIpc) is 3.48. The number of hydrogen-bond acceptors (Lipinski definition) is 6. The summed E-state index contributed by atoms with van der Waals surface area (Å²) in [6.07, 6.45) is 0. The van der Waals surface area contributed by atoms with E-state index in [1.54, 1.807) is 42.3 Å². The van der Waals surface area contributed by atoms with E-state index >= 15 is 0 Å². The Kier molecular flexibility index (Phi) is 6.36. The van der Waals surface area contributed by atoms with Gasteiger partial charge in [-0.1, -0.05) is 18.2 Å². The number of H-pyrrole nitrogens is 1. The molecule has 3 aromatic carbocycles. The first-order valence-electron chi connectivity index (χ1n) is 12.2. The first-order chi connectivity index (χ1) is 18.2. The summed E-state index contributed by atoms with van der Waals surface area (Å²) in [7, 11) is 3.20. The number of benzene rings is 3. The highest BCUT2D eigenvalue weighted by molar-refractivity contribution is 6.13. The lowest BCUT2D eigenvalue weighted by Gasteiger charge is -2.21. The van der Waals surface area contributed by atoms with Gasteiger partial charge in [0.15, 0.2) is 0 Å². The molecule has 2 N–H and O–H groups in total. The number of aromatic nitrogens is 2. The van der Waals surface area contributed by atoms with Gasteiger partial charge in [-0.3, -0.25) is 9.59 Å². The number of aromatic amines is 1. The number of anilines is 2. The van der Waals surface area contributed by atoms with Crippen molar-refractivity contribution in [2.45, 2.75) is 26.3 Å². The Morgan fingerprint density at radius 3 is 2.63 bits per heavy atom. The molecule has 5 rings (SSSR count). The Hall–Kier alpha value is -4.66. The number of para-hydroxylation sites is 2. The minimum Gasteiger partial charge on any atom is -0.495 e. The van der Waals surface area contributed by atoms with E-state index in [2.05, 4.69) is 20.3 Å². The fourth-order valence-corrected chi connectivity index (χ4v) is 4.43. The summed E-state index contributed by atoms with van der Waals surface area (Å²) in [6, 6.07) is 17.8. The van der Waals surface area contributed by atoms with Gasteiger partial charge < -0.3 is 24.7 Å². The number of nitrogens with one attached hydrogen (secondary N) is 2. The van der Waals surface area contributed by atoms with Crippen LogP contribution in [0.5, 0.6) is 5.75 Å². The number of aryl methyl sites for hydroxylation is 1. The predicted octanol–water partition coefficient (Wildman–Crippen LogP) is 4.96. The molecule has 0 radical (unpaired) electrons. The predicted molar refractivity (Wildman–Crippen MR) is 148 cm³/mol. The summed E-state index contributed by atoms with van der Waals surface area (Å²) in [4.78, 5) is 40.4. The number of carbonyl (C=O) groups is 2. The molecule has 38 heavy (non-hydrogen) atoms. The lowest BCUT2D eigenvalue weighted by atomic mass is 10.1. The number of carbonyl (C=O) groups excluding carboxylic acids is 2. The summed E-state index contributed by atoms with van der Waals surface area (Å²) >= 11 is 0. The Balaban J connectivity index is 1.40. The average molecular weight is 512 g/mol. The standard InChI is InChI=1S/C29H29N5O4/c1-17-30-22-11-8-10-20(25(22)31-17)26(35)32-21-14-13-18(15-24(21)37-5)28(36)34(4)23-12-7-6-9-19(23)27-33-29(2,3)16-38-27/h6-15H,16H2,1-5H3,(H,30,31)(H,32,35). The van der Waals surface area contributed by atoms with Crippen LogP contribution >= 0.6 is 0 Å². The first kappa shape index (κ1) is 25.0. The van der Waals surface area contributed by atoms with Gasteiger partial charge in [-0.2, -0.15) is 0 Å². The van der Waals surface area contributed by atoms with Crippen LogP contribution in [-0.2, 0) is 4.74 Å². The topological polar surface area (TPSA) is 109 Å². The van der Waals surface area contributed by atoms with E-state index in [0.29, 0.717) is 46.3 Å². The number of imidazole rings is 1. The van der Waals surface area contributed by atoms with Gasteiger partial charge in [-0.15, -0.1) is 0 Å². The number of fused-ring (bicyclic) bond motifs is 1. The number of hydrogen-bond donors (Lipinski definition) is 2. The van der Waals surface area contributed by atoms with Gasteiger partial charge >= 0.3 is 0 Å². The van der Waals surface area contributed by atoms with Crippen molar-refractivity contribution in [1.82, 2.24) is 9.97 Å². The smallest absolute Gasteiger partial charge is 0.258 e. The second-order valence-corrected chi connectivity index (χ2v) is 9.79. The quantitative estimate of drug-likeness (QED) is 0.380. The molecule has 0 saturated heterocycles. The number of amides is 2. The maximum atomic E-state index is 13.5. The van der Waals surface area contributed by atoms with Crippen molar-refractivity contribution in [3.05, 3.63) is 83.2 Å². The fourth-order valence-electron chi connectivity index (χ4n) is 4.43. The van der Waals surface area contributed by atoms with E-state index in [9.17, 15) is 9.59 Å². The summed E-state index contributed by atoms with van der Waals surface area (Å²) in [5.74, 6) is 1.03. The number of ether oxygens (including phenoxy) is 2. The molecule has 0 bridgehead atoms. The van der Waals surface area contributed by atoms with Crippen LogP contribution in [-0.4, -0.2) is 54.0 Å². The normalized spacial score (nSPS) is 14.1. The maximum absolute atomic E-state index is 13.5. The highest BCUT2D eigenvalue weighted by Gasteiger charge is 2.29. The van der Waals surface area contributed by atoms with Gasteiger partial charge in [0, 0.05) is 12.6 Å². The molecule has 1 aliphatic rings. The summed E-state index contributed by atoms with van der Waals surface area (Å²) < 4.78 is 11.4. The van der Waals surface area contributed by atoms with E-state index < -0.39 is 0 Å². The molecule has 9 nitrogen and oxygen atoms in total. The summed E-state index contributed by atoms with van der Waals surface area (Å²) in [5.41, 5.74) is 3.75. The summed E-state index contributed by atoms with van der Waals surface area (Å²) in [5, 5.41) is 2.89. The van der Waals surface area contributed by atoms with E-state index in [1.807, 2.05) is 51.1 Å². The molecule has 194 valence electrons. The molecule has 9 heteroatoms. The zero-order valence-electron chi connectivity index (χ0n) is 22.0. The molecule has 0 atom stereocenters. The SMILES string of the molecule is COc1cc(C(=O)N(C)c2ccccc2C2=NC(C)(C)CO2)ccc1NC(=O)c1cccc2[nH]c(C)nc12. The lowest BCUT2D eigenvalue weighted by molar-refractivity contribution is 0.0991. The molecule has 1 aliphatic heterocycles. The lowest BCUT2D eigenvalue weighted by Crippen LogP contribution is -2.28. The van der Waals surface area contributed by atoms with Gasteiger partial charge in [0.25, 0.3) is 11.8 Å². The highest BCUT2D eigenvalue weighted by Crippen LogP contribution is 2.30. The summed E-state index contributed by atoms with van der Waals surface area (Å²) in [6.45, 7) is 6.32. The number of rotatable bonds is 6. The van der Waals surface area contributed by atoms with Gasteiger partial charge in [0.05, 0.1) is 40.7 Å². The third-order valence-electron chi connectivity index (χ3n) is 6.34. The van der Waals surface area contributed by atoms with Crippen LogP contribution in [0.1, 0.15) is 46.0 Å². The third kappa shape index (κ3) is 4.70. The monoisotopic (exact) mass is 511 g/mol. The second kappa shape index (κ2) is 9.66. The molecule has 0 unspecified atom stereocenters. The molecule has 0 aliphatic carbocycles. The van der Waals surface area contributed by atoms with Crippen LogP contribution < -0.4 is 15.0 Å². The molecule has 0 fully saturated rings. The Labute approximate surface area is 220 Å². The molecule has 1 aromatic heterocycles. The molecule has 0 saturated carbocycles. The van der Waals surface area contributed by atoms with Crippen molar-refractivity contribution in [3.63, 3.8) is 0 Å². The molecule has 4 aromatic rings. The molecule has 2 heterocycles. The number of aliphatic imine (C=N–C) groups is 1. The Morgan fingerprint density at radius 2 is 1.89 bits per heavy atom. The number of nitrogens with zero attached hydrogens (tertiary/aromatic N) is 3. The Bertz CT molecular complexity index is 1590. The van der Waals surface area contributed by atoms with Crippen LogP contribution in [0, 0.1) is 6.92 Å². The van der Waals surface area contributed by atoms with Crippen molar-refractivity contribution in [1.29, 1.82) is 0 Å². The highest BCUT2D eigenvalue weighted by atomic mass is 16.5. The van der Waals surface area contributed by atoms with Crippen LogP contribution in [0.25, 0.3) is 11.0 Å². The van der Waals surface area contributed by atoms with E-state index in [1.165, 1.54) is 7.11 Å². The third-order valence-corrected chi connectivity index (χ3v) is 6.34. The minimum atomic E-state index is -0.328. The van der Waals surface area contributed by atoms with Crippen molar-refractivity contribution in [3.8, 4) is 5.75 Å². The van der Waals surface area contributed by atoms with Crippen molar-refractivity contribution >= 4 is 40.1 Å². The molecule has 2 amide bonds. The molecular formula is C29H29N5O4. The molecular weight excluding hydrogens is 482 g/mol. The van der Waals surface area contributed by atoms with E-state index in [0.717, 1.165) is 16.9 Å². The van der Waals surface area contributed by atoms with Gasteiger partial charge in [-0.05, 0) is 63.2 Å². The van der Waals surface area contributed by atoms with Gasteiger partial charge in [-0.25, -0.2) is 9.98 Å². The fraction of sp³-hybridized carbons (Fsp3) is 0.241. The Morgan fingerprint density at radius 1 is 1.11 bits per heavy atom. The van der Waals surface area contributed by atoms with Crippen LogP contribution in [0.3, 0.4) is 0 Å². The first-order valence-corrected chi connectivity index (χ1v) is 12.2. The van der Waals surface area contributed by atoms with Gasteiger partial charge in [0.2, 0.25) is 5.90 Å². The van der Waals surface area contributed by atoms with Crippen LogP contribution in [0.4, 0.5) is 11.4 Å². The zero-order valence-corrected chi connectivity index (χ0v) is 22.0. The zero-order chi connectivity index (χ0) is 27.0. The number of methoxy groups -OCH3 is 1. The van der Waals surface area contributed by atoms with E-state index in [-0.39, 0.29) is 17.4 Å². The van der Waals surface area contributed by atoms with Crippen molar-refractivity contribution < 1.29 is 19.1 Å². The second-order valence-electron chi connectivity index (χ2n) is 9.79. The van der Waals surface area contributed by atoms with Gasteiger partial charge in [0.1, 0.15) is 23.7 Å². The van der Waals surface area contributed by atoms with E-state index in [4.69, 9.17) is 9.47 Å². The van der Waals surface area contributed by atoms with Crippen molar-refractivity contribution in [2.24, 2.45) is 4.99 Å². The largest absolute Gasteiger partial charge is 0.495 e. The van der Waals surface area contributed by atoms with Crippen LogP contribution in [0.2, 0.25) is 0 Å². The molecule has 0 spiro atoms.